The minimum Gasteiger partial charge on any atom is -0.423 e. The fraction of sp³-hybridized carbons (Fsp3) is 0.292. The number of esters is 1. The molecule has 2 aliphatic carbocycles. The normalized spacial score (nSPS) is 26.9. The number of rotatable bonds is 3. The average molecular weight is 387 g/mol. The highest BCUT2D eigenvalue weighted by Crippen LogP contribution is 2.53. The summed E-state index contributed by atoms with van der Waals surface area (Å²) in [6.45, 7) is 3.96. The number of amides is 2. The van der Waals surface area contributed by atoms with E-state index in [4.69, 9.17) is 4.74 Å². The van der Waals surface area contributed by atoms with Crippen molar-refractivity contribution in [2.24, 2.45) is 23.7 Å². The van der Waals surface area contributed by atoms with Gasteiger partial charge in [0.05, 0.1) is 23.1 Å². The Bertz CT molecular complexity index is 1040. The lowest BCUT2D eigenvalue weighted by atomic mass is 9.85. The van der Waals surface area contributed by atoms with E-state index < -0.39 is 5.97 Å². The maximum Gasteiger partial charge on any atom is 0.343 e. The second kappa shape index (κ2) is 6.41. The first kappa shape index (κ1) is 17.9. The van der Waals surface area contributed by atoms with E-state index in [1.807, 2.05) is 26.0 Å². The summed E-state index contributed by atoms with van der Waals surface area (Å²) in [5.74, 6) is -0.332. The molecule has 5 rings (SSSR count). The Hall–Kier alpha value is -3.21. The van der Waals surface area contributed by atoms with Crippen molar-refractivity contribution in [3.8, 4) is 5.75 Å². The number of aryl methyl sites for hydroxylation is 2. The van der Waals surface area contributed by atoms with Crippen LogP contribution in [0.3, 0.4) is 0 Å². The Morgan fingerprint density at radius 3 is 2.10 bits per heavy atom. The van der Waals surface area contributed by atoms with Crippen molar-refractivity contribution >= 4 is 23.5 Å². The van der Waals surface area contributed by atoms with Crippen molar-refractivity contribution in [1.82, 2.24) is 0 Å². The Kier molecular flexibility index (Phi) is 3.95. The number of imide groups is 1. The summed E-state index contributed by atoms with van der Waals surface area (Å²) in [5.41, 5.74) is 3.05. The number of hydrogen-bond acceptors (Lipinski definition) is 4. The van der Waals surface area contributed by atoms with Gasteiger partial charge < -0.3 is 4.74 Å². The highest BCUT2D eigenvalue weighted by Gasteiger charge is 2.59. The second-order valence-corrected chi connectivity index (χ2v) is 8.19. The molecule has 4 atom stereocenters. The van der Waals surface area contributed by atoms with Crippen molar-refractivity contribution in [1.29, 1.82) is 0 Å². The largest absolute Gasteiger partial charge is 0.423 e. The highest BCUT2D eigenvalue weighted by molar-refractivity contribution is 6.22. The second-order valence-electron chi connectivity index (χ2n) is 8.19. The number of nitrogens with zero attached hydrogens (tertiary/aromatic N) is 1. The van der Waals surface area contributed by atoms with Gasteiger partial charge >= 0.3 is 5.97 Å². The van der Waals surface area contributed by atoms with Gasteiger partial charge in [-0.15, -0.1) is 0 Å². The predicted molar refractivity (Wildman–Crippen MR) is 108 cm³/mol. The highest BCUT2D eigenvalue weighted by atomic mass is 16.5. The summed E-state index contributed by atoms with van der Waals surface area (Å²) in [7, 11) is 0. The van der Waals surface area contributed by atoms with Crippen LogP contribution in [0.25, 0.3) is 0 Å². The summed E-state index contributed by atoms with van der Waals surface area (Å²) in [4.78, 5) is 39.5. The standard InChI is InChI=1S/C24H21NO4/c1-13-3-10-19(11-14(13)2)29-24(28)15-6-8-18(9-7-15)25-22(26)20-16-4-5-17(12-16)21(20)23(25)27/h3-11,16-17,20-21H,12H2,1-2H3/t16-,17+,20-,21+. The molecule has 1 heterocycles. The average Bonchev–Trinajstić information content (AvgIpc) is 3.39. The molecule has 0 radical (unpaired) electrons. The van der Waals surface area contributed by atoms with Crippen molar-refractivity contribution in [2.75, 3.05) is 4.90 Å². The predicted octanol–water partition coefficient (Wildman–Crippen LogP) is 3.83. The zero-order valence-electron chi connectivity index (χ0n) is 16.3. The van der Waals surface area contributed by atoms with Crippen LogP contribution in [0, 0.1) is 37.5 Å². The maximum absolute atomic E-state index is 12.9. The minimum absolute atomic E-state index is 0.123. The van der Waals surface area contributed by atoms with Crippen molar-refractivity contribution in [2.45, 2.75) is 20.3 Å². The van der Waals surface area contributed by atoms with E-state index in [9.17, 15) is 14.4 Å². The fourth-order valence-corrected chi connectivity index (χ4v) is 4.85. The van der Waals surface area contributed by atoms with Crippen LogP contribution in [-0.2, 0) is 9.59 Å². The number of allylic oxidation sites excluding steroid dienone is 2. The van der Waals surface area contributed by atoms with Crippen LogP contribution < -0.4 is 9.64 Å². The van der Waals surface area contributed by atoms with E-state index in [0.717, 1.165) is 17.5 Å². The summed E-state index contributed by atoms with van der Waals surface area (Å²) in [6.07, 6.45) is 5.06. The van der Waals surface area contributed by atoms with Crippen molar-refractivity contribution in [3.05, 3.63) is 71.3 Å². The first-order valence-electron chi connectivity index (χ1n) is 9.89. The van der Waals surface area contributed by atoms with E-state index in [-0.39, 0.29) is 35.5 Å². The Morgan fingerprint density at radius 1 is 0.897 bits per heavy atom. The van der Waals surface area contributed by atoms with Crippen LogP contribution in [0.2, 0.25) is 0 Å². The van der Waals surface area contributed by atoms with Crippen LogP contribution in [0.4, 0.5) is 5.69 Å². The third-order valence-corrected chi connectivity index (χ3v) is 6.52. The molecule has 5 heteroatoms. The number of carbonyl (C=O) groups excluding carboxylic acids is 3. The number of benzene rings is 2. The number of carbonyl (C=O) groups is 3. The van der Waals surface area contributed by atoms with Gasteiger partial charge in [-0.3, -0.25) is 14.5 Å². The van der Waals surface area contributed by atoms with Gasteiger partial charge in [-0.05, 0) is 79.6 Å². The number of hydrogen-bond donors (Lipinski definition) is 0. The van der Waals surface area contributed by atoms with E-state index in [0.29, 0.717) is 17.0 Å². The molecular weight excluding hydrogens is 366 g/mol. The summed E-state index contributed by atoms with van der Waals surface area (Å²) in [6, 6.07) is 12.0. The van der Waals surface area contributed by atoms with Gasteiger partial charge in [0.2, 0.25) is 11.8 Å². The Morgan fingerprint density at radius 2 is 1.52 bits per heavy atom. The number of ether oxygens (including phenoxy) is 1. The van der Waals surface area contributed by atoms with Crippen LogP contribution >= 0.6 is 0 Å². The van der Waals surface area contributed by atoms with E-state index >= 15 is 0 Å². The van der Waals surface area contributed by atoms with Gasteiger partial charge in [0.15, 0.2) is 0 Å². The molecular formula is C24H21NO4. The SMILES string of the molecule is Cc1ccc(OC(=O)c2ccc(N3C(=O)[C@@H]4[C@H](C3=O)[C@@H]3C=C[C@H]4C3)cc2)cc1C. The third-order valence-electron chi connectivity index (χ3n) is 6.52. The molecule has 0 N–H and O–H groups in total. The number of anilines is 1. The van der Waals surface area contributed by atoms with Gasteiger partial charge in [-0.1, -0.05) is 18.2 Å². The molecule has 1 saturated carbocycles. The van der Waals surface area contributed by atoms with Gasteiger partial charge in [-0.25, -0.2) is 4.79 Å². The topological polar surface area (TPSA) is 63.7 Å². The molecule has 1 saturated heterocycles. The third kappa shape index (κ3) is 2.72. The zero-order chi connectivity index (χ0) is 20.3. The summed E-state index contributed by atoms with van der Waals surface area (Å²) in [5, 5.41) is 0. The van der Waals surface area contributed by atoms with E-state index in [1.165, 1.54) is 4.90 Å². The van der Waals surface area contributed by atoms with Crippen molar-refractivity contribution < 1.29 is 19.1 Å². The lowest BCUT2D eigenvalue weighted by Gasteiger charge is -2.17. The zero-order valence-corrected chi connectivity index (χ0v) is 16.3. The molecule has 2 fully saturated rings. The summed E-state index contributed by atoms with van der Waals surface area (Å²) < 4.78 is 5.45. The molecule has 2 aromatic carbocycles. The maximum atomic E-state index is 12.9. The fourth-order valence-electron chi connectivity index (χ4n) is 4.85. The summed E-state index contributed by atoms with van der Waals surface area (Å²) >= 11 is 0. The van der Waals surface area contributed by atoms with E-state index in [1.54, 1.807) is 30.3 Å². The molecule has 1 aliphatic heterocycles. The molecule has 2 amide bonds. The Labute approximate surface area is 169 Å². The molecule has 2 aromatic rings. The Balaban J connectivity index is 1.34. The molecule has 0 unspecified atom stereocenters. The minimum atomic E-state index is -0.474. The lowest BCUT2D eigenvalue weighted by Crippen LogP contribution is -2.32. The van der Waals surface area contributed by atoms with Crippen LogP contribution in [0.15, 0.2) is 54.6 Å². The lowest BCUT2D eigenvalue weighted by molar-refractivity contribution is -0.123. The molecule has 29 heavy (non-hydrogen) atoms. The monoisotopic (exact) mass is 387 g/mol. The van der Waals surface area contributed by atoms with Gasteiger partial charge in [-0.2, -0.15) is 0 Å². The molecule has 0 spiro atoms. The first-order chi connectivity index (χ1) is 13.9. The van der Waals surface area contributed by atoms with Crippen molar-refractivity contribution in [3.63, 3.8) is 0 Å². The first-order valence-corrected chi connectivity index (χ1v) is 9.89. The van der Waals surface area contributed by atoms with E-state index in [2.05, 4.69) is 12.2 Å². The molecule has 2 bridgehead atoms. The molecule has 146 valence electrons. The molecule has 0 aromatic heterocycles. The van der Waals surface area contributed by atoms with Gasteiger partial charge in [0.25, 0.3) is 0 Å². The van der Waals surface area contributed by atoms with Crippen LogP contribution in [0.1, 0.15) is 27.9 Å². The van der Waals surface area contributed by atoms with Crippen LogP contribution in [0.5, 0.6) is 5.75 Å². The smallest absolute Gasteiger partial charge is 0.343 e. The van der Waals surface area contributed by atoms with Gasteiger partial charge in [0, 0.05) is 0 Å². The van der Waals surface area contributed by atoms with Gasteiger partial charge in [0.1, 0.15) is 5.75 Å². The molecule has 3 aliphatic rings. The molecule has 5 nitrogen and oxygen atoms in total. The van der Waals surface area contributed by atoms with Crippen LogP contribution in [-0.4, -0.2) is 17.8 Å². The number of fused-ring (bicyclic) bond motifs is 5. The quantitative estimate of drug-likeness (QED) is 0.347.